The van der Waals surface area contributed by atoms with Gasteiger partial charge in [-0.1, -0.05) is 38.1 Å². The zero-order chi connectivity index (χ0) is 21.8. The van der Waals surface area contributed by atoms with Gasteiger partial charge in [-0.15, -0.1) is 0 Å². The van der Waals surface area contributed by atoms with Crippen molar-refractivity contribution in [3.8, 4) is 0 Å². The van der Waals surface area contributed by atoms with E-state index in [0.717, 1.165) is 5.56 Å². The van der Waals surface area contributed by atoms with E-state index in [2.05, 4.69) is 10.4 Å². The van der Waals surface area contributed by atoms with Gasteiger partial charge in [0.05, 0.1) is 11.9 Å². The van der Waals surface area contributed by atoms with E-state index in [1.165, 1.54) is 28.2 Å². The highest BCUT2D eigenvalue weighted by atomic mass is 32.1. The molecule has 30 heavy (non-hydrogen) atoms. The van der Waals surface area contributed by atoms with Crippen molar-refractivity contribution in [3.05, 3.63) is 52.2 Å². The fraction of sp³-hybridized carbons (Fsp3) is 0.364. The number of benzene rings is 1. The largest absolute Gasteiger partial charge is 0.339 e. The lowest BCUT2D eigenvalue weighted by Gasteiger charge is -2.32. The molecule has 2 heterocycles. The number of hydrogen-bond acceptors (Lipinski definition) is 5. The molecule has 1 aromatic heterocycles. The maximum atomic E-state index is 13.4. The molecule has 158 valence electrons. The molecule has 1 N–H and O–H groups in total. The Morgan fingerprint density at radius 1 is 1.27 bits per heavy atom. The number of rotatable bonds is 6. The first-order chi connectivity index (χ1) is 14.3. The van der Waals surface area contributed by atoms with E-state index in [9.17, 15) is 14.4 Å². The van der Waals surface area contributed by atoms with Gasteiger partial charge >= 0.3 is 0 Å². The summed E-state index contributed by atoms with van der Waals surface area (Å²) in [4.78, 5) is 40.4. The molecule has 0 saturated heterocycles. The molecule has 0 spiro atoms. The molecule has 8 heteroatoms. The second-order valence-electron chi connectivity index (χ2n) is 7.69. The third-order valence-electron chi connectivity index (χ3n) is 4.96. The Balaban J connectivity index is 1.96. The quantitative estimate of drug-likeness (QED) is 0.770. The molecule has 1 unspecified atom stereocenters. The first kappa shape index (κ1) is 21.7. The first-order valence-electron chi connectivity index (χ1n) is 9.82. The zero-order valence-electron chi connectivity index (χ0n) is 17.5. The lowest BCUT2D eigenvalue weighted by atomic mass is 9.97. The number of thiophene rings is 1. The Kier molecular flexibility index (Phi) is 6.66. The number of carbonyl (C=O) groups is 3. The van der Waals surface area contributed by atoms with Crippen molar-refractivity contribution >= 4 is 41.0 Å². The molecule has 1 aromatic carbocycles. The Morgan fingerprint density at radius 3 is 2.63 bits per heavy atom. The van der Waals surface area contributed by atoms with Crippen LogP contribution in [0, 0.1) is 5.92 Å². The number of fused-ring (bicyclic) bond motifs is 1. The van der Waals surface area contributed by atoms with E-state index in [4.69, 9.17) is 0 Å². The molecule has 1 aliphatic rings. The molecule has 0 fully saturated rings. The molecule has 2 atom stereocenters. The predicted octanol–water partition coefficient (Wildman–Crippen LogP) is 3.18. The van der Waals surface area contributed by atoms with Crippen LogP contribution < -0.4 is 10.2 Å². The van der Waals surface area contributed by atoms with Crippen LogP contribution in [0.5, 0.6) is 0 Å². The fourth-order valence-electron chi connectivity index (χ4n) is 3.55. The summed E-state index contributed by atoms with van der Waals surface area (Å²) in [6.45, 7) is 5.45. The van der Waals surface area contributed by atoms with Gasteiger partial charge in [0.2, 0.25) is 11.8 Å². The van der Waals surface area contributed by atoms with Crippen molar-refractivity contribution < 1.29 is 14.4 Å². The third kappa shape index (κ3) is 4.59. The van der Waals surface area contributed by atoms with Gasteiger partial charge in [0.1, 0.15) is 12.1 Å². The van der Waals surface area contributed by atoms with Gasteiger partial charge in [-0.25, -0.2) is 5.01 Å². The van der Waals surface area contributed by atoms with E-state index < -0.39 is 12.1 Å². The molecular weight excluding hydrogens is 400 g/mol. The number of likely N-dealkylation sites (N-methyl/N-ethyl adjacent to an activating group) is 1. The molecule has 1 aliphatic heterocycles. The highest BCUT2D eigenvalue weighted by Crippen LogP contribution is 2.26. The van der Waals surface area contributed by atoms with E-state index in [1.807, 2.05) is 54.9 Å². The van der Waals surface area contributed by atoms with Gasteiger partial charge in [0, 0.05) is 24.9 Å². The fourth-order valence-corrected chi connectivity index (χ4v) is 4.17. The highest BCUT2D eigenvalue weighted by molar-refractivity contribution is 7.08. The molecule has 0 aliphatic carbocycles. The van der Waals surface area contributed by atoms with Gasteiger partial charge in [-0.3, -0.25) is 19.3 Å². The monoisotopic (exact) mass is 426 g/mol. The van der Waals surface area contributed by atoms with Crippen LogP contribution in [-0.4, -0.2) is 42.0 Å². The Labute approximate surface area is 180 Å². The molecule has 3 rings (SSSR count). The van der Waals surface area contributed by atoms with Crippen LogP contribution in [0.1, 0.15) is 44.4 Å². The molecule has 0 bridgehead atoms. The standard InChI is InChI=1S/C22H26N4O3S/c1-14(2)11-19(26(15(3)27)17-9-10-30-13-17)21(28)24-20-18-8-6-5-7-16(18)12-23-25(4)22(20)29/h5-10,12-14,19-20H,11H2,1-4H3,(H,24,28)/t19-,20?/m0/s1. The maximum absolute atomic E-state index is 13.4. The Hall–Kier alpha value is -3.00. The van der Waals surface area contributed by atoms with Gasteiger partial charge in [0.15, 0.2) is 0 Å². The Morgan fingerprint density at radius 2 is 2.00 bits per heavy atom. The maximum Gasteiger partial charge on any atom is 0.269 e. The minimum atomic E-state index is -0.882. The van der Waals surface area contributed by atoms with E-state index >= 15 is 0 Å². The zero-order valence-corrected chi connectivity index (χ0v) is 18.3. The van der Waals surface area contributed by atoms with Crippen molar-refractivity contribution in [2.45, 2.75) is 39.3 Å². The second kappa shape index (κ2) is 9.21. The normalized spacial score (nSPS) is 16.8. The van der Waals surface area contributed by atoms with Crippen LogP contribution in [0.2, 0.25) is 0 Å². The topological polar surface area (TPSA) is 82.1 Å². The van der Waals surface area contributed by atoms with Crippen LogP contribution in [0.3, 0.4) is 0 Å². The summed E-state index contributed by atoms with van der Waals surface area (Å²) in [6, 6.07) is 7.54. The summed E-state index contributed by atoms with van der Waals surface area (Å²) in [5.41, 5.74) is 2.13. The lowest BCUT2D eigenvalue weighted by Crippen LogP contribution is -2.52. The van der Waals surface area contributed by atoms with Crippen molar-refractivity contribution in [2.75, 3.05) is 11.9 Å². The number of amides is 3. The average Bonchev–Trinajstić information content (AvgIpc) is 3.19. The predicted molar refractivity (Wildman–Crippen MR) is 118 cm³/mol. The molecule has 0 radical (unpaired) electrons. The summed E-state index contributed by atoms with van der Waals surface area (Å²) in [6.07, 6.45) is 2.08. The SMILES string of the molecule is CC(=O)N(c1ccsc1)[C@@H](CC(C)C)C(=O)NC1C(=O)N(C)N=Cc2ccccc21. The van der Waals surface area contributed by atoms with Crippen molar-refractivity contribution in [1.29, 1.82) is 0 Å². The van der Waals surface area contributed by atoms with Gasteiger partial charge in [-0.05, 0) is 29.3 Å². The minimum absolute atomic E-state index is 0.171. The van der Waals surface area contributed by atoms with Crippen LogP contribution >= 0.6 is 11.3 Å². The molecule has 2 aromatic rings. The average molecular weight is 427 g/mol. The summed E-state index contributed by atoms with van der Waals surface area (Å²) in [7, 11) is 1.56. The van der Waals surface area contributed by atoms with Crippen LogP contribution in [0.4, 0.5) is 5.69 Å². The number of carbonyl (C=O) groups excluding carboxylic acids is 3. The third-order valence-corrected chi connectivity index (χ3v) is 5.63. The Bertz CT molecular complexity index is 955. The minimum Gasteiger partial charge on any atom is -0.339 e. The molecular formula is C22H26N4O3S. The molecule has 7 nitrogen and oxygen atoms in total. The summed E-state index contributed by atoms with van der Waals surface area (Å²) < 4.78 is 0. The van der Waals surface area contributed by atoms with Gasteiger partial charge in [0.25, 0.3) is 5.91 Å². The molecule has 3 amide bonds. The van der Waals surface area contributed by atoms with Crippen LogP contribution in [-0.2, 0) is 14.4 Å². The van der Waals surface area contributed by atoms with Gasteiger partial charge in [-0.2, -0.15) is 16.4 Å². The van der Waals surface area contributed by atoms with Crippen molar-refractivity contribution in [1.82, 2.24) is 10.3 Å². The number of nitrogens with one attached hydrogen (secondary N) is 1. The highest BCUT2D eigenvalue weighted by Gasteiger charge is 2.35. The number of hydrogen-bond donors (Lipinski definition) is 1. The first-order valence-corrected chi connectivity index (χ1v) is 10.8. The molecule has 0 saturated carbocycles. The smallest absolute Gasteiger partial charge is 0.269 e. The van der Waals surface area contributed by atoms with Crippen LogP contribution in [0.25, 0.3) is 0 Å². The van der Waals surface area contributed by atoms with Gasteiger partial charge < -0.3 is 5.32 Å². The number of anilines is 1. The summed E-state index contributed by atoms with van der Waals surface area (Å²) in [5, 5.41) is 12.0. The number of nitrogens with zero attached hydrogens (tertiary/aromatic N) is 3. The van der Waals surface area contributed by atoms with E-state index in [1.54, 1.807) is 13.3 Å². The summed E-state index contributed by atoms with van der Waals surface area (Å²) in [5.74, 6) is -0.752. The van der Waals surface area contributed by atoms with Crippen molar-refractivity contribution in [3.63, 3.8) is 0 Å². The number of hydrazone groups is 1. The summed E-state index contributed by atoms with van der Waals surface area (Å²) >= 11 is 1.46. The van der Waals surface area contributed by atoms with Crippen molar-refractivity contribution in [2.24, 2.45) is 11.0 Å². The second-order valence-corrected chi connectivity index (χ2v) is 8.47. The lowest BCUT2D eigenvalue weighted by molar-refractivity contribution is -0.136. The van der Waals surface area contributed by atoms with Crippen LogP contribution in [0.15, 0.2) is 46.2 Å². The van der Waals surface area contributed by atoms with E-state index in [0.29, 0.717) is 17.7 Å². The van der Waals surface area contributed by atoms with E-state index in [-0.39, 0.29) is 23.6 Å².